The predicted octanol–water partition coefficient (Wildman–Crippen LogP) is 1.97. The standard InChI is InChI=1S/C11H12N2O2S/c1-15-11(14)10-4-9(12)6-13(10)5-8-2-3-16-7-8/h2-4,6-7H,5,12H2,1H3. The Morgan fingerprint density at radius 3 is 3.06 bits per heavy atom. The third-order valence-electron chi connectivity index (χ3n) is 2.25. The fraction of sp³-hybridized carbons (Fsp3) is 0.182. The van der Waals surface area contributed by atoms with E-state index in [1.165, 1.54) is 7.11 Å². The van der Waals surface area contributed by atoms with Gasteiger partial charge in [-0.25, -0.2) is 4.79 Å². The number of nitrogen functional groups attached to an aromatic ring is 1. The maximum Gasteiger partial charge on any atom is 0.354 e. The second kappa shape index (κ2) is 4.40. The fourth-order valence-corrected chi connectivity index (χ4v) is 2.18. The molecular weight excluding hydrogens is 224 g/mol. The summed E-state index contributed by atoms with van der Waals surface area (Å²) in [7, 11) is 1.36. The Labute approximate surface area is 97.3 Å². The summed E-state index contributed by atoms with van der Waals surface area (Å²) in [4.78, 5) is 11.5. The molecule has 4 nitrogen and oxygen atoms in total. The SMILES string of the molecule is COC(=O)c1cc(N)cn1Cc1ccsc1. The molecule has 0 aliphatic carbocycles. The monoisotopic (exact) mass is 236 g/mol. The van der Waals surface area contributed by atoms with E-state index in [4.69, 9.17) is 10.5 Å². The van der Waals surface area contributed by atoms with Crippen LogP contribution < -0.4 is 5.73 Å². The van der Waals surface area contributed by atoms with Gasteiger partial charge in [0.1, 0.15) is 5.69 Å². The van der Waals surface area contributed by atoms with E-state index < -0.39 is 0 Å². The van der Waals surface area contributed by atoms with Gasteiger partial charge in [0.05, 0.1) is 12.8 Å². The van der Waals surface area contributed by atoms with Gasteiger partial charge in [0.2, 0.25) is 0 Å². The zero-order valence-corrected chi connectivity index (χ0v) is 9.66. The van der Waals surface area contributed by atoms with E-state index in [2.05, 4.69) is 0 Å². The lowest BCUT2D eigenvalue weighted by Crippen LogP contribution is -2.10. The molecule has 0 bridgehead atoms. The lowest BCUT2D eigenvalue weighted by Gasteiger charge is -2.05. The number of hydrogen-bond acceptors (Lipinski definition) is 4. The molecule has 5 heteroatoms. The van der Waals surface area contributed by atoms with Gasteiger partial charge < -0.3 is 15.0 Å². The number of nitrogens with zero attached hydrogens (tertiary/aromatic N) is 1. The molecule has 0 radical (unpaired) electrons. The van der Waals surface area contributed by atoms with E-state index in [-0.39, 0.29) is 5.97 Å². The molecule has 2 aromatic heterocycles. The molecule has 2 heterocycles. The molecule has 0 atom stereocenters. The second-order valence-electron chi connectivity index (χ2n) is 3.41. The summed E-state index contributed by atoms with van der Waals surface area (Å²) in [5, 5.41) is 4.04. The van der Waals surface area contributed by atoms with Crippen LogP contribution >= 0.6 is 11.3 Å². The van der Waals surface area contributed by atoms with Gasteiger partial charge >= 0.3 is 5.97 Å². The minimum atomic E-state index is -0.369. The highest BCUT2D eigenvalue weighted by atomic mass is 32.1. The Morgan fingerprint density at radius 2 is 2.44 bits per heavy atom. The van der Waals surface area contributed by atoms with Crippen LogP contribution in [0.1, 0.15) is 16.1 Å². The minimum Gasteiger partial charge on any atom is -0.464 e. The molecule has 0 spiro atoms. The van der Waals surface area contributed by atoms with Crippen molar-refractivity contribution in [3.05, 3.63) is 40.3 Å². The van der Waals surface area contributed by atoms with Gasteiger partial charge in [-0.05, 0) is 28.5 Å². The molecule has 0 unspecified atom stereocenters. The van der Waals surface area contributed by atoms with Gasteiger partial charge in [-0.2, -0.15) is 11.3 Å². The van der Waals surface area contributed by atoms with Crippen LogP contribution in [0.15, 0.2) is 29.1 Å². The Kier molecular flexibility index (Phi) is 2.96. The van der Waals surface area contributed by atoms with Crippen LogP contribution in [-0.4, -0.2) is 17.6 Å². The largest absolute Gasteiger partial charge is 0.464 e. The van der Waals surface area contributed by atoms with E-state index in [9.17, 15) is 4.79 Å². The normalized spacial score (nSPS) is 10.3. The highest BCUT2D eigenvalue weighted by Crippen LogP contribution is 2.15. The lowest BCUT2D eigenvalue weighted by atomic mass is 10.3. The first-order valence-electron chi connectivity index (χ1n) is 4.75. The lowest BCUT2D eigenvalue weighted by molar-refractivity contribution is 0.0589. The Hall–Kier alpha value is -1.75. The van der Waals surface area contributed by atoms with Gasteiger partial charge in [-0.15, -0.1) is 0 Å². The first-order chi connectivity index (χ1) is 7.70. The summed E-state index contributed by atoms with van der Waals surface area (Å²) in [6.45, 7) is 0.630. The van der Waals surface area contributed by atoms with Crippen molar-refractivity contribution in [1.82, 2.24) is 4.57 Å². The average Bonchev–Trinajstić information content (AvgIpc) is 2.88. The van der Waals surface area contributed by atoms with Gasteiger partial charge in [0.15, 0.2) is 0 Å². The molecule has 84 valence electrons. The molecule has 0 aliphatic rings. The quantitative estimate of drug-likeness (QED) is 0.829. The molecule has 2 rings (SSSR count). The highest BCUT2D eigenvalue weighted by molar-refractivity contribution is 7.07. The van der Waals surface area contributed by atoms with Crippen LogP contribution in [0, 0.1) is 0 Å². The van der Waals surface area contributed by atoms with Crippen molar-refractivity contribution in [1.29, 1.82) is 0 Å². The number of anilines is 1. The van der Waals surface area contributed by atoms with Gasteiger partial charge in [-0.3, -0.25) is 0 Å². The van der Waals surface area contributed by atoms with E-state index in [1.807, 2.05) is 16.8 Å². The molecule has 0 saturated carbocycles. The number of methoxy groups -OCH3 is 1. The van der Waals surface area contributed by atoms with Crippen LogP contribution in [0.25, 0.3) is 0 Å². The van der Waals surface area contributed by atoms with Crippen LogP contribution in [0.4, 0.5) is 5.69 Å². The highest BCUT2D eigenvalue weighted by Gasteiger charge is 2.13. The third-order valence-corrected chi connectivity index (χ3v) is 2.98. The molecule has 0 aliphatic heterocycles. The zero-order chi connectivity index (χ0) is 11.5. The van der Waals surface area contributed by atoms with E-state index in [0.29, 0.717) is 17.9 Å². The maximum atomic E-state index is 11.5. The van der Waals surface area contributed by atoms with Crippen molar-refractivity contribution in [3.63, 3.8) is 0 Å². The minimum absolute atomic E-state index is 0.369. The number of ether oxygens (including phenoxy) is 1. The van der Waals surface area contributed by atoms with Crippen LogP contribution in [0.5, 0.6) is 0 Å². The summed E-state index contributed by atoms with van der Waals surface area (Å²) in [5.41, 5.74) is 7.86. The van der Waals surface area contributed by atoms with E-state index in [1.54, 1.807) is 28.2 Å². The molecule has 2 aromatic rings. The fourth-order valence-electron chi connectivity index (χ4n) is 1.52. The summed E-state index contributed by atoms with van der Waals surface area (Å²) >= 11 is 1.62. The Bertz CT molecular complexity index is 488. The molecule has 0 amide bonds. The summed E-state index contributed by atoms with van der Waals surface area (Å²) in [6, 6.07) is 3.64. The van der Waals surface area contributed by atoms with Gasteiger partial charge in [-0.1, -0.05) is 0 Å². The van der Waals surface area contributed by atoms with Gasteiger partial charge in [0.25, 0.3) is 0 Å². The molecule has 16 heavy (non-hydrogen) atoms. The topological polar surface area (TPSA) is 57.2 Å². The molecular formula is C11H12N2O2S. The van der Waals surface area contributed by atoms with E-state index in [0.717, 1.165) is 5.56 Å². The van der Waals surface area contributed by atoms with Crippen LogP contribution in [0.2, 0.25) is 0 Å². The Morgan fingerprint density at radius 1 is 1.62 bits per heavy atom. The number of thiophene rings is 1. The second-order valence-corrected chi connectivity index (χ2v) is 4.19. The summed E-state index contributed by atoms with van der Waals surface area (Å²) in [6.07, 6.45) is 1.74. The third kappa shape index (κ3) is 2.09. The maximum absolute atomic E-state index is 11.5. The van der Waals surface area contributed by atoms with Crippen molar-refractivity contribution in [2.75, 3.05) is 12.8 Å². The molecule has 0 saturated heterocycles. The zero-order valence-electron chi connectivity index (χ0n) is 8.84. The predicted molar refractivity (Wildman–Crippen MR) is 63.6 cm³/mol. The van der Waals surface area contributed by atoms with E-state index >= 15 is 0 Å². The number of carbonyl (C=O) groups is 1. The molecule has 2 N–H and O–H groups in total. The number of carbonyl (C=O) groups excluding carboxylic acids is 1. The van der Waals surface area contributed by atoms with Crippen molar-refractivity contribution in [3.8, 4) is 0 Å². The number of hydrogen-bond donors (Lipinski definition) is 1. The Balaban J connectivity index is 2.29. The van der Waals surface area contributed by atoms with Crippen molar-refractivity contribution < 1.29 is 9.53 Å². The van der Waals surface area contributed by atoms with Crippen LogP contribution in [0.3, 0.4) is 0 Å². The van der Waals surface area contributed by atoms with Crippen molar-refractivity contribution in [2.24, 2.45) is 0 Å². The summed E-state index contributed by atoms with van der Waals surface area (Å²) < 4.78 is 6.49. The van der Waals surface area contributed by atoms with Crippen LogP contribution in [-0.2, 0) is 11.3 Å². The number of nitrogens with two attached hydrogens (primary N) is 1. The molecule has 0 aromatic carbocycles. The smallest absolute Gasteiger partial charge is 0.354 e. The average molecular weight is 236 g/mol. The number of esters is 1. The van der Waals surface area contributed by atoms with Crippen molar-refractivity contribution in [2.45, 2.75) is 6.54 Å². The van der Waals surface area contributed by atoms with Crippen molar-refractivity contribution >= 4 is 23.0 Å². The first kappa shape index (κ1) is 10.8. The number of rotatable bonds is 3. The first-order valence-corrected chi connectivity index (χ1v) is 5.70. The summed E-state index contributed by atoms with van der Waals surface area (Å²) in [5.74, 6) is -0.369. The number of aromatic nitrogens is 1. The van der Waals surface area contributed by atoms with Gasteiger partial charge in [0, 0.05) is 12.7 Å². The molecule has 0 fully saturated rings.